The summed E-state index contributed by atoms with van der Waals surface area (Å²) < 4.78 is 5.43. The molecule has 1 aromatic heterocycles. The SMILES string of the molecule is O=C(NCc1ccc(/C=N/NC(=O)C(=O)N2CCCC2)o1)C(=O)Nc1ccc(Cl)c(Cl)c1. The molecule has 2 heterocycles. The third-order valence-electron chi connectivity index (χ3n) is 4.43. The molecule has 3 rings (SSSR count). The van der Waals surface area contributed by atoms with E-state index in [1.165, 1.54) is 29.3 Å². The zero-order valence-electron chi connectivity index (χ0n) is 16.7. The molecule has 10 nitrogen and oxygen atoms in total. The van der Waals surface area contributed by atoms with Gasteiger partial charge in [-0.3, -0.25) is 19.2 Å². The molecule has 4 amide bonds. The Kier molecular flexibility index (Phi) is 7.85. The van der Waals surface area contributed by atoms with Crippen molar-refractivity contribution in [2.45, 2.75) is 19.4 Å². The fraction of sp³-hybridized carbons (Fsp3) is 0.250. The third-order valence-corrected chi connectivity index (χ3v) is 5.17. The monoisotopic (exact) mass is 479 g/mol. The Morgan fingerprint density at radius 3 is 2.47 bits per heavy atom. The van der Waals surface area contributed by atoms with E-state index in [0.29, 0.717) is 29.6 Å². The van der Waals surface area contributed by atoms with Gasteiger partial charge in [0.1, 0.15) is 11.5 Å². The molecule has 0 atom stereocenters. The average molecular weight is 480 g/mol. The summed E-state index contributed by atoms with van der Waals surface area (Å²) >= 11 is 11.7. The van der Waals surface area contributed by atoms with Crippen LogP contribution in [0.3, 0.4) is 0 Å². The lowest BCUT2D eigenvalue weighted by atomic mass is 10.3. The predicted molar refractivity (Wildman–Crippen MR) is 117 cm³/mol. The van der Waals surface area contributed by atoms with Crippen LogP contribution in [0.1, 0.15) is 24.4 Å². The average Bonchev–Trinajstić information content (AvgIpc) is 3.46. The van der Waals surface area contributed by atoms with Gasteiger partial charge in [-0.25, -0.2) is 5.43 Å². The number of anilines is 1. The largest absolute Gasteiger partial charge is 0.458 e. The van der Waals surface area contributed by atoms with Crippen molar-refractivity contribution < 1.29 is 23.6 Å². The van der Waals surface area contributed by atoms with Gasteiger partial charge in [-0.05, 0) is 43.2 Å². The zero-order valence-corrected chi connectivity index (χ0v) is 18.2. The Morgan fingerprint density at radius 1 is 1.00 bits per heavy atom. The maximum atomic E-state index is 12.0. The highest BCUT2D eigenvalue weighted by molar-refractivity contribution is 6.43. The van der Waals surface area contributed by atoms with Gasteiger partial charge in [0.2, 0.25) is 0 Å². The van der Waals surface area contributed by atoms with Crippen molar-refractivity contribution in [3.63, 3.8) is 0 Å². The minimum absolute atomic E-state index is 0.0543. The molecule has 3 N–H and O–H groups in total. The number of halogens is 2. The summed E-state index contributed by atoms with van der Waals surface area (Å²) in [5.41, 5.74) is 2.47. The van der Waals surface area contributed by atoms with Crippen molar-refractivity contribution in [2.24, 2.45) is 5.10 Å². The number of hydrogen-bond donors (Lipinski definition) is 3. The number of amides is 4. The van der Waals surface area contributed by atoms with E-state index in [1.54, 1.807) is 12.1 Å². The van der Waals surface area contributed by atoms with Crippen molar-refractivity contribution in [3.8, 4) is 0 Å². The van der Waals surface area contributed by atoms with Gasteiger partial charge in [-0.1, -0.05) is 23.2 Å². The number of carbonyl (C=O) groups excluding carboxylic acids is 4. The lowest BCUT2D eigenvalue weighted by Crippen LogP contribution is -2.39. The Labute approximate surface area is 192 Å². The van der Waals surface area contributed by atoms with Crippen molar-refractivity contribution >= 4 is 58.7 Å². The number of nitrogens with zero attached hydrogens (tertiary/aromatic N) is 2. The molecule has 1 fully saturated rings. The first kappa shape index (κ1) is 23.3. The molecule has 0 aliphatic carbocycles. The van der Waals surface area contributed by atoms with Crippen molar-refractivity contribution in [1.82, 2.24) is 15.6 Å². The third kappa shape index (κ3) is 6.32. The minimum Gasteiger partial charge on any atom is -0.458 e. The van der Waals surface area contributed by atoms with Crippen LogP contribution in [0.2, 0.25) is 10.0 Å². The van der Waals surface area contributed by atoms with Crippen LogP contribution in [0, 0.1) is 0 Å². The van der Waals surface area contributed by atoms with Crippen LogP contribution in [-0.2, 0) is 25.7 Å². The first-order valence-corrected chi connectivity index (χ1v) is 10.3. The standard InChI is InChI=1S/C20H19Cl2N5O5/c21-15-6-3-12(9-16(15)22)25-18(29)17(28)23-10-13-4-5-14(32-13)11-24-26-19(30)20(31)27-7-1-2-8-27/h3-6,9,11H,1-2,7-8,10H2,(H,23,28)(H,25,29)(H,26,30)/b24-11+. The molecule has 1 aliphatic heterocycles. The molecule has 0 radical (unpaired) electrons. The number of hydrazone groups is 1. The van der Waals surface area contributed by atoms with E-state index >= 15 is 0 Å². The van der Waals surface area contributed by atoms with Gasteiger partial charge in [0.25, 0.3) is 0 Å². The van der Waals surface area contributed by atoms with E-state index in [-0.39, 0.29) is 17.3 Å². The lowest BCUT2D eigenvalue weighted by molar-refractivity contribution is -0.145. The van der Waals surface area contributed by atoms with E-state index < -0.39 is 23.6 Å². The van der Waals surface area contributed by atoms with Crippen molar-refractivity contribution in [1.29, 1.82) is 0 Å². The second-order valence-corrected chi connectivity index (χ2v) is 7.58. The Morgan fingerprint density at radius 2 is 1.75 bits per heavy atom. The van der Waals surface area contributed by atoms with E-state index in [1.807, 2.05) is 0 Å². The van der Waals surface area contributed by atoms with Gasteiger partial charge < -0.3 is 20.0 Å². The summed E-state index contributed by atoms with van der Waals surface area (Å²) in [5.74, 6) is -2.58. The molecule has 2 aromatic rings. The summed E-state index contributed by atoms with van der Waals surface area (Å²) in [6.07, 6.45) is 2.98. The van der Waals surface area contributed by atoms with Gasteiger partial charge in [-0.15, -0.1) is 0 Å². The van der Waals surface area contributed by atoms with Crippen molar-refractivity contribution in [3.05, 3.63) is 51.9 Å². The molecule has 0 unspecified atom stereocenters. The van der Waals surface area contributed by atoms with Crippen LogP contribution >= 0.6 is 23.2 Å². The number of carbonyl (C=O) groups is 4. The van der Waals surface area contributed by atoms with Gasteiger partial charge in [0, 0.05) is 18.8 Å². The smallest absolute Gasteiger partial charge is 0.329 e. The molecular formula is C20H19Cl2N5O5. The number of furan rings is 1. The number of nitrogens with one attached hydrogen (secondary N) is 3. The molecule has 168 valence electrons. The normalized spacial score (nSPS) is 13.2. The van der Waals surface area contributed by atoms with Crippen LogP contribution in [0.25, 0.3) is 0 Å². The highest BCUT2D eigenvalue weighted by Crippen LogP contribution is 2.24. The summed E-state index contributed by atoms with van der Waals surface area (Å²) in [5, 5.41) is 9.07. The highest BCUT2D eigenvalue weighted by Gasteiger charge is 2.24. The van der Waals surface area contributed by atoms with E-state index in [2.05, 4.69) is 21.2 Å². The molecular weight excluding hydrogens is 461 g/mol. The van der Waals surface area contributed by atoms with Gasteiger partial charge in [0.05, 0.1) is 22.8 Å². The van der Waals surface area contributed by atoms with Gasteiger partial charge in [-0.2, -0.15) is 5.10 Å². The second kappa shape index (κ2) is 10.8. The highest BCUT2D eigenvalue weighted by atomic mass is 35.5. The molecule has 0 spiro atoms. The summed E-state index contributed by atoms with van der Waals surface area (Å²) in [6, 6.07) is 7.54. The maximum absolute atomic E-state index is 12.0. The fourth-order valence-electron chi connectivity index (χ4n) is 2.83. The van der Waals surface area contributed by atoms with Crippen LogP contribution in [0.5, 0.6) is 0 Å². The molecule has 12 heteroatoms. The van der Waals surface area contributed by atoms with E-state index in [4.69, 9.17) is 27.6 Å². The fourth-order valence-corrected chi connectivity index (χ4v) is 3.13. The summed E-state index contributed by atoms with van der Waals surface area (Å²) in [4.78, 5) is 49.1. The Bertz CT molecular complexity index is 1060. The van der Waals surface area contributed by atoms with Crippen LogP contribution in [-0.4, -0.2) is 47.8 Å². The summed E-state index contributed by atoms with van der Waals surface area (Å²) in [7, 11) is 0. The molecule has 32 heavy (non-hydrogen) atoms. The van der Waals surface area contributed by atoms with E-state index in [0.717, 1.165) is 12.8 Å². The number of hydrogen-bond acceptors (Lipinski definition) is 6. The topological polar surface area (TPSA) is 133 Å². The molecule has 1 aromatic carbocycles. The molecule has 0 saturated carbocycles. The lowest BCUT2D eigenvalue weighted by Gasteiger charge is -2.12. The molecule has 1 saturated heterocycles. The van der Waals surface area contributed by atoms with Gasteiger partial charge in [0.15, 0.2) is 0 Å². The van der Waals surface area contributed by atoms with Crippen LogP contribution in [0.15, 0.2) is 39.9 Å². The first-order chi connectivity index (χ1) is 15.3. The van der Waals surface area contributed by atoms with Crippen LogP contribution in [0.4, 0.5) is 5.69 Å². The number of benzene rings is 1. The Balaban J connectivity index is 1.44. The Hall–Kier alpha value is -3.37. The summed E-state index contributed by atoms with van der Waals surface area (Å²) in [6.45, 7) is 1.07. The molecule has 0 bridgehead atoms. The van der Waals surface area contributed by atoms with Crippen LogP contribution < -0.4 is 16.1 Å². The van der Waals surface area contributed by atoms with Gasteiger partial charge >= 0.3 is 23.6 Å². The second-order valence-electron chi connectivity index (χ2n) is 6.77. The maximum Gasteiger partial charge on any atom is 0.329 e. The van der Waals surface area contributed by atoms with Crippen molar-refractivity contribution in [2.75, 3.05) is 18.4 Å². The number of rotatable bonds is 5. The number of likely N-dealkylation sites (tertiary alicyclic amines) is 1. The van der Waals surface area contributed by atoms with E-state index in [9.17, 15) is 19.2 Å². The quantitative estimate of drug-likeness (QED) is 0.342. The zero-order chi connectivity index (χ0) is 23.1. The first-order valence-electron chi connectivity index (χ1n) is 9.59. The molecule has 1 aliphatic rings. The predicted octanol–water partition coefficient (Wildman–Crippen LogP) is 1.91. The minimum atomic E-state index is -0.887.